The SMILES string of the molecule is [2H]c1c([2H])c([2H])c(-c2ccc3c(c2)-c2cc(-c4cc(-c5ccccc5)cc(-c5c6ccccc6cc6c5ccc5ccccc56)c4)cc4cccc(c24)O3)c([2H])c1[2H]. The van der Waals surface area contributed by atoms with E-state index in [0.717, 1.165) is 55.5 Å². The molecule has 0 radical (unpaired) electrons. The van der Waals surface area contributed by atoms with Gasteiger partial charge in [-0.15, -0.1) is 0 Å². The van der Waals surface area contributed by atoms with Crippen LogP contribution in [0.25, 0.3) is 98.7 Å². The first kappa shape index (κ1) is 25.1. The van der Waals surface area contributed by atoms with Crippen molar-refractivity contribution in [3.8, 4) is 67.1 Å². The first-order valence-electron chi connectivity index (χ1n) is 20.3. The van der Waals surface area contributed by atoms with Gasteiger partial charge in [0.1, 0.15) is 11.5 Å². The molecule has 1 aliphatic rings. The minimum absolute atomic E-state index is 0.162. The van der Waals surface area contributed by atoms with Gasteiger partial charge in [-0.1, -0.05) is 139 Å². The van der Waals surface area contributed by atoms with Crippen LogP contribution in [0.1, 0.15) is 6.85 Å². The Morgan fingerprint density at radius 1 is 0.340 bits per heavy atom. The molecule has 53 heavy (non-hydrogen) atoms. The van der Waals surface area contributed by atoms with E-state index in [1.165, 1.54) is 37.9 Å². The predicted molar refractivity (Wildman–Crippen MR) is 224 cm³/mol. The fraction of sp³-hybridized carbons (Fsp3) is 0. The first-order valence-corrected chi connectivity index (χ1v) is 17.8. The maximum Gasteiger partial charge on any atom is 0.135 e. The van der Waals surface area contributed by atoms with E-state index in [0.29, 0.717) is 11.3 Å². The molecule has 0 amide bonds. The second-order valence-electron chi connectivity index (χ2n) is 13.7. The number of hydrogen-bond donors (Lipinski definition) is 0. The monoisotopic (exact) mass is 677 g/mol. The highest BCUT2D eigenvalue weighted by Gasteiger charge is 2.23. The molecule has 0 spiro atoms. The molecule has 0 atom stereocenters. The average Bonchev–Trinajstić information content (AvgIpc) is 3.27. The van der Waals surface area contributed by atoms with Gasteiger partial charge in [0.15, 0.2) is 0 Å². The van der Waals surface area contributed by atoms with Gasteiger partial charge in [0.25, 0.3) is 0 Å². The molecule has 11 rings (SSSR count). The van der Waals surface area contributed by atoms with Crippen LogP contribution in [0.4, 0.5) is 0 Å². The van der Waals surface area contributed by atoms with E-state index in [-0.39, 0.29) is 29.7 Å². The van der Waals surface area contributed by atoms with E-state index in [4.69, 9.17) is 11.6 Å². The zero-order valence-electron chi connectivity index (χ0n) is 33.5. The van der Waals surface area contributed by atoms with Crippen LogP contribution < -0.4 is 4.74 Å². The van der Waals surface area contributed by atoms with E-state index in [1.807, 2.05) is 30.3 Å². The fourth-order valence-electron chi connectivity index (χ4n) is 8.22. The third kappa shape index (κ3) is 4.86. The van der Waals surface area contributed by atoms with Crippen molar-refractivity contribution in [2.24, 2.45) is 0 Å². The number of rotatable bonds is 4. The van der Waals surface area contributed by atoms with Crippen LogP contribution in [0.15, 0.2) is 194 Å². The highest BCUT2D eigenvalue weighted by atomic mass is 16.5. The minimum Gasteiger partial charge on any atom is -0.456 e. The summed E-state index contributed by atoms with van der Waals surface area (Å²) in [4.78, 5) is 0. The lowest BCUT2D eigenvalue weighted by Gasteiger charge is -2.23. The molecule has 10 aromatic rings. The van der Waals surface area contributed by atoms with Crippen LogP contribution in [0.2, 0.25) is 0 Å². The molecule has 0 saturated carbocycles. The minimum atomic E-state index is -0.412. The summed E-state index contributed by atoms with van der Waals surface area (Å²) in [5.74, 6) is 1.39. The fourth-order valence-corrected chi connectivity index (χ4v) is 8.22. The molecule has 0 aromatic heterocycles. The number of fused-ring (bicyclic) bond motifs is 6. The van der Waals surface area contributed by atoms with Crippen molar-refractivity contribution in [1.82, 2.24) is 0 Å². The van der Waals surface area contributed by atoms with Gasteiger partial charge in [0.2, 0.25) is 0 Å². The molecule has 246 valence electrons. The summed E-state index contributed by atoms with van der Waals surface area (Å²) >= 11 is 0. The van der Waals surface area contributed by atoms with Gasteiger partial charge in [-0.25, -0.2) is 0 Å². The van der Waals surface area contributed by atoms with Gasteiger partial charge in [0.05, 0.1) is 6.85 Å². The Morgan fingerprint density at radius 2 is 1.04 bits per heavy atom. The Kier molecular flexibility index (Phi) is 5.58. The third-order valence-electron chi connectivity index (χ3n) is 10.6. The standard InChI is InChI=1S/C52H32O/c1-3-12-33(13-4-1)36-23-25-49-47(30-36)48-32-41(26-38-18-11-21-50(53-49)52(38)48)40-27-39(34-14-5-2-6-15-34)28-42(29-40)51-44-20-10-8-17-37(44)31-46-43-19-9-7-16-35(43)22-24-45(46)51/h1-32H/i1D,3D,4D,12D,13D. The number of hydrogen-bond acceptors (Lipinski definition) is 1. The van der Waals surface area contributed by atoms with Gasteiger partial charge < -0.3 is 4.74 Å². The highest BCUT2D eigenvalue weighted by Crippen LogP contribution is 2.50. The molecule has 1 heteroatoms. The van der Waals surface area contributed by atoms with Gasteiger partial charge in [-0.05, 0) is 142 Å². The van der Waals surface area contributed by atoms with Crippen molar-refractivity contribution in [2.75, 3.05) is 0 Å². The van der Waals surface area contributed by atoms with E-state index in [1.54, 1.807) is 6.07 Å². The van der Waals surface area contributed by atoms with Crippen molar-refractivity contribution in [2.45, 2.75) is 0 Å². The van der Waals surface area contributed by atoms with Crippen molar-refractivity contribution in [3.05, 3.63) is 194 Å². The molecule has 1 nitrogen and oxygen atoms in total. The zero-order valence-corrected chi connectivity index (χ0v) is 28.5. The Morgan fingerprint density at radius 3 is 1.91 bits per heavy atom. The second kappa shape index (κ2) is 11.8. The van der Waals surface area contributed by atoms with Crippen molar-refractivity contribution < 1.29 is 11.6 Å². The first-order chi connectivity index (χ1) is 28.3. The van der Waals surface area contributed by atoms with E-state index >= 15 is 0 Å². The Labute approximate surface area is 315 Å². The quantitative estimate of drug-likeness (QED) is 0.133. The predicted octanol–water partition coefficient (Wildman–Crippen LogP) is 14.7. The molecule has 1 heterocycles. The van der Waals surface area contributed by atoms with Crippen LogP contribution >= 0.6 is 0 Å². The van der Waals surface area contributed by atoms with Crippen LogP contribution in [-0.4, -0.2) is 0 Å². The molecule has 0 N–H and O–H groups in total. The van der Waals surface area contributed by atoms with E-state index in [9.17, 15) is 0 Å². The van der Waals surface area contributed by atoms with E-state index in [2.05, 4.69) is 127 Å². The topological polar surface area (TPSA) is 9.23 Å². The Bertz CT molecular complexity index is 3340. The average molecular weight is 678 g/mol. The summed E-state index contributed by atoms with van der Waals surface area (Å²) in [5, 5.41) is 9.18. The summed E-state index contributed by atoms with van der Waals surface area (Å²) in [6.07, 6.45) is 0. The highest BCUT2D eigenvalue weighted by molar-refractivity contribution is 6.20. The normalized spacial score (nSPS) is 13.2. The summed E-state index contributed by atoms with van der Waals surface area (Å²) in [6.45, 7) is 0. The molecule has 0 saturated heterocycles. The summed E-state index contributed by atoms with van der Waals surface area (Å²) in [7, 11) is 0. The second-order valence-corrected chi connectivity index (χ2v) is 13.7. The molecular weight excluding hydrogens is 641 g/mol. The molecule has 0 unspecified atom stereocenters. The van der Waals surface area contributed by atoms with Gasteiger partial charge in [0, 0.05) is 10.9 Å². The van der Waals surface area contributed by atoms with Crippen LogP contribution in [-0.2, 0) is 0 Å². The Hall–Kier alpha value is -6.96. The molecule has 0 bridgehead atoms. The lowest BCUT2D eigenvalue weighted by molar-refractivity contribution is 0.487. The summed E-state index contributed by atoms with van der Waals surface area (Å²) in [5.41, 5.74) is 9.03. The Balaban J connectivity index is 1.18. The molecule has 1 aliphatic heterocycles. The lowest BCUT2D eigenvalue weighted by atomic mass is 9.85. The van der Waals surface area contributed by atoms with Gasteiger partial charge in [-0.2, -0.15) is 0 Å². The molecular formula is C52H32O. The third-order valence-corrected chi connectivity index (χ3v) is 10.6. The maximum atomic E-state index is 8.71. The largest absolute Gasteiger partial charge is 0.456 e. The number of benzene rings is 10. The summed E-state index contributed by atoms with van der Waals surface area (Å²) in [6, 6.07) is 55.9. The lowest BCUT2D eigenvalue weighted by Crippen LogP contribution is -1.98. The van der Waals surface area contributed by atoms with Crippen molar-refractivity contribution in [1.29, 1.82) is 0 Å². The smallest absolute Gasteiger partial charge is 0.135 e. The van der Waals surface area contributed by atoms with E-state index < -0.39 is 6.04 Å². The maximum absolute atomic E-state index is 8.71. The van der Waals surface area contributed by atoms with Crippen molar-refractivity contribution in [3.63, 3.8) is 0 Å². The van der Waals surface area contributed by atoms with Crippen LogP contribution in [0, 0.1) is 0 Å². The molecule has 10 aromatic carbocycles. The molecule has 0 fully saturated rings. The van der Waals surface area contributed by atoms with Gasteiger partial charge >= 0.3 is 0 Å². The molecule has 0 aliphatic carbocycles. The van der Waals surface area contributed by atoms with Gasteiger partial charge in [-0.3, -0.25) is 0 Å². The van der Waals surface area contributed by atoms with Crippen molar-refractivity contribution >= 4 is 43.1 Å². The summed E-state index contributed by atoms with van der Waals surface area (Å²) < 4.78 is 48.7. The van der Waals surface area contributed by atoms with Crippen LogP contribution in [0.5, 0.6) is 11.5 Å². The van der Waals surface area contributed by atoms with Crippen LogP contribution in [0.3, 0.4) is 0 Å². The number of ether oxygens (including phenoxy) is 1. The zero-order chi connectivity index (χ0) is 39.2.